The molecule has 0 spiro atoms. The Labute approximate surface area is 184 Å². The number of benzene rings is 1. The van der Waals surface area contributed by atoms with Crippen molar-refractivity contribution in [2.24, 2.45) is 11.3 Å². The third-order valence-electron chi connectivity index (χ3n) is 6.74. The number of Topliss-reactive ketones (excluding diaryl/α,β-unsaturated/α-hetero) is 2. The van der Waals surface area contributed by atoms with Crippen molar-refractivity contribution < 1.29 is 24.2 Å². The molecule has 5 nitrogen and oxygen atoms in total. The summed E-state index contributed by atoms with van der Waals surface area (Å²) in [4.78, 5) is 39.5. The van der Waals surface area contributed by atoms with E-state index in [2.05, 4.69) is 26.0 Å². The van der Waals surface area contributed by atoms with Gasteiger partial charge in [0, 0.05) is 28.0 Å². The van der Waals surface area contributed by atoms with Crippen LogP contribution in [0.3, 0.4) is 0 Å². The molecule has 0 bridgehead atoms. The summed E-state index contributed by atoms with van der Waals surface area (Å²) in [5.74, 6) is -1.34. The van der Waals surface area contributed by atoms with Crippen LogP contribution >= 0.6 is 0 Å². The van der Waals surface area contributed by atoms with Crippen LogP contribution in [0.2, 0.25) is 0 Å². The highest BCUT2D eigenvalue weighted by Crippen LogP contribution is 2.54. The van der Waals surface area contributed by atoms with E-state index >= 15 is 0 Å². The Morgan fingerprint density at radius 3 is 2.52 bits per heavy atom. The average Bonchev–Trinajstić information content (AvgIpc) is 2.70. The summed E-state index contributed by atoms with van der Waals surface area (Å²) < 4.78 is 5.40. The number of fused-ring (bicyclic) bond motifs is 2. The van der Waals surface area contributed by atoms with Crippen LogP contribution in [0, 0.1) is 11.3 Å². The van der Waals surface area contributed by atoms with Gasteiger partial charge in [-0.15, -0.1) is 0 Å². The SMILES string of the molecule is COc1c(O)c(C=O)c2c(c1C(C)C)C(=O)C1(C)CC(CCC=C(C)C)=CCC1C2=O. The van der Waals surface area contributed by atoms with Gasteiger partial charge >= 0.3 is 0 Å². The first kappa shape index (κ1) is 23.0. The summed E-state index contributed by atoms with van der Waals surface area (Å²) in [6, 6.07) is 0. The molecule has 0 saturated carbocycles. The Bertz CT molecular complexity index is 1010. The molecule has 2 unspecified atom stereocenters. The highest BCUT2D eigenvalue weighted by molar-refractivity contribution is 6.22. The van der Waals surface area contributed by atoms with Crippen LogP contribution in [0.25, 0.3) is 0 Å². The summed E-state index contributed by atoms with van der Waals surface area (Å²) in [6.45, 7) is 9.77. The summed E-state index contributed by atoms with van der Waals surface area (Å²) in [5, 5.41) is 10.7. The van der Waals surface area contributed by atoms with E-state index in [0.29, 0.717) is 24.7 Å². The summed E-state index contributed by atoms with van der Waals surface area (Å²) in [7, 11) is 1.40. The molecule has 166 valence electrons. The van der Waals surface area contributed by atoms with Gasteiger partial charge in [0.25, 0.3) is 0 Å². The number of hydrogen-bond acceptors (Lipinski definition) is 5. The Kier molecular flexibility index (Phi) is 6.26. The fourth-order valence-electron chi connectivity index (χ4n) is 5.16. The summed E-state index contributed by atoms with van der Waals surface area (Å²) in [6.07, 6.45) is 7.47. The van der Waals surface area contributed by atoms with Crippen LogP contribution in [0.4, 0.5) is 0 Å². The monoisotopic (exact) mass is 424 g/mol. The Balaban J connectivity index is 2.18. The van der Waals surface area contributed by atoms with Gasteiger partial charge in [-0.05, 0) is 45.4 Å². The predicted molar refractivity (Wildman–Crippen MR) is 120 cm³/mol. The highest BCUT2D eigenvalue weighted by Gasteiger charge is 2.54. The molecule has 1 aromatic rings. The fourth-order valence-corrected chi connectivity index (χ4v) is 5.16. The molecule has 0 amide bonds. The van der Waals surface area contributed by atoms with Crippen molar-refractivity contribution in [1.29, 1.82) is 0 Å². The van der Waals surface area contributed by atoms with E-state index in [1.165, 1.54) is 18.3 Å². The van der Waals surface area contributed by atoms with E-state index in [0.717, 1.165) is 12.8 Å². The molecule has 2 aliphatic rings. The Hall–Kier alpha value is -2.69. The number of phenolic OH excluding ortho intramolecular Hbond substituents is 1. The van der Waals surface area contributed by atoms with Gasteiger partial charge in [-0.2, -0.15) is 0 Å². The largest absolute Gasteiger partial charge is 0.504 e. The predicted octanol–water partition coefficient (Wildman–Crippen LogP) is 5.80. The lowest BCUT2D eigenvalue weighted by Crippen LogP contribution is -2.48. The normalized spacial score (nSPS) is 22.5. The van der Waals surface area contributed by atoms with Crippen molar-refractivity contribution in [3.8, 4) is 11.5 Å². The lowest BCUT2D eigenvalue weighted by molar-refractivity contribution is 0.0558. The molecule has 0 heterocycles. The maximum Gasteiger partial charge on any atom is 0.170 e. The molecule has 1 N–H and O–H groups in total. The van der Waals surface area contributed by atoms with Crippen LogP contribution in [0.5, 0.6) is 11.5 Å². The number of aldehydes is 1. The molecule has 1 aromatic carbocycles. The smallest absolute Gasteiger partial charge is 0.170 e. The van der Waals surface area contributed by atoms with Crippen LogP contribution in [-0.2, 0) is 0 Å². The zero-order chi connectivity index (χ0) is 23.1. The van der Waals surface area contributed by atoms with Crippen LogP contribution in [0.1, 0.15) is 103 Å². The third-order valence-corrected chi connectivity index (χ3v) is 6.74. The van der Waals surface area contributed by atoms with Gasteiger partial charge in [-0.25, -0.2) is 0 Å². The van der Waals surface area contributed by atoms with Crippen molar-refractivity contribution in [3.63, 3.8) is 0 Å². The maximum absolute atomic E-state index is 14.0. The highest BCUT2D eigenvalue weighted by atomic mass is 16.5. The van der Waals surface area contributed by atoms with Gasteiger partial charge in [-0.1, -0.05) is 44.1 Å². The Morgan fingerprint density at radius 1 is 1.29 bits per heavy atom. The molecule has 0 aromatic heterocycles. The summed E-state index contributed by atoms with van der Waals surface area (Å²) in [5.41, 5.74) is 2.24. The second kappa shape index (κ2) is 8.45. The fraction of sp³-hybridized carbons (Fsp3) is 0.500. The number of carbonyl (C=O) groups excluding carboxylic acids is 3. The zero-order valence-corrected chi connectivity index (χ0v) is 19.3. The van der Waals surface area contributed by atoms with Gasteiger partial charge in [-0.3, -0.25) is 14.4 Å². The maximum atomic E-state index is 14.0. The second-order valence-electron chi connectivity index (χ2n) is 9.49. The molecule has 5 heteroatoms. The number of aromatic hydroxyl groups is 1. The standard InChI is InChI=1S/C26H32O5/c1-14(2)8-7-9-16-10-11-18-23(29)20-17(13-27)22(28)24(31-6)19(15(3)4)21(20)25(30)26(18,5)12-16/h8,10,13,15,18,28H,7,9,11-12H2,1-6H3. The van der Waals surface area contributed by atoms with Gasteiger partial charge in [0.05, 0.1) is 12.7 Å². The molecule has 0 aliphatic heterocycles. The van der Waals surface area contributed by atoms with Crippen LogP contribution < -0.4 is 4.74 Å². The molecule has 3 rings (SSSR count). The van der Waals surface area contributed by atoms with E-state index in [1.807, 2.05) is 20.8 Å². The minimum absolute atomic E-state index is 0.0610. The molecular formula is C26H32O5. The Morgan fingerprint density at radius 2 is 1.97 bits per heavy atom. The van der Waals surface area contributed by atoms with Crippen molar-refractivity contribution >= 4 is 17.9 Å². The second-order valence-corrected chi connectivity index (χ2v) is 9.49. The molecule has 0 fully saturated rings. The number of rotatable bonds is 6. The molecular weight excluding hydrogens is 392 g/mol. The third kappa shape index (κ3) is 3.64. The molecule has 0 radical (unpaired) electrons. The van der Waals surface area contributed by atoms with E-state index in [9.17, 15) is 19.5 Å². The number of hydrogen-bond donors (Lipinski definition) is 1. The molecule has 0 saturated heterocycles. The topological polar surface area (TPSA) is 80.7 Å². The number of ketones is 2. The van der Waals surface area contributed by atoms with E-state index in [4.69, 9.17) is 4.74 Å². The number of allylic oxidation sites excluding steroid dienone is 4. The van der Waals surface area contributed by atoms with Crippen molar-refractivity contribution in [2.45, 2.75) is 66.2 Å². The van der Waals surface area contributed by atoms with Crippen LogP contribution in [0.15, 0.2) is 23.3 Å². The lowest BCUT2D eigenvalue weighted by Gasteiger charge is -2.44. The molecule has 2 atom stereocenters. The first-order valence-corrected chi connectivity index (χ1v) is 10.9. The first-order valence-electron chi connectivity index (χ1n) is 10.9. The van der Waals surface area contributed by atoms with Crippen molar-refractivity contribution in [3.05, 3.63) is 45.6 Å². The van der Waals surface area contributed by atoms with E-state index < -0.39 is 11.3 Å². The van der Waals surface area contributed by atoms with Crippen molar-refractivity contribution in [1.82, 2.24) is 0 Å². The van der Waals surface area contributed by atoms with Gasteiger partial charge in [0.2, 0.25) is 0 Å². The van der Waals surface area contributed by atoms with Gasteiger partial charge < -0.3 is 9.84 Å². The van der Waals surface area contributed by atoms with Crippen LogP contribution in [-0.4, -0.2) is 30.1 Å². The van der Waals surface area contributed by atoms with E-state index in [-0.39, 0.29) is 45.7 Å². The minimum Gasteiger partial charge on any atom is -0.504 e. The number of phenols is 1. The van der Waals surface area contributed by atoms with Gasteiger partial charge in [0.15, 0.2) is 29.4 Å². The lowest BCUT2D eigenvalue weighted by atomic mass is 9.56. The quantitative estimate of drug-likeness (QED) is 0.461. The molecule has 31 heavy (non-hydrogen) atoms. The van der Waals surface area contributed by atoms with E-state index in [1.54, 1.807) is 0 Å². The zero-order valence-electron chi connectivity index (χ0n) is 19.3. The van der Waals surface area contributed by atoms with Gasteiger partial charge in [0.1, 0.15) is 0 Å². The number of methoxy groups -OCH3 is 1. The minimum atomic E-state index is -0.870. The van der Waals surface area contributed by atoms with Crippen molar-refractivity contribution in [2.75, 3.05) is 7.11 Å². The summed E-state index contributed by atoms with van der Waals surface area (Å²) >= 11 is 0. The number of carbonyl (C=O) groups is 3. The first-order chi connectivity index (χ1) is 14.6. The average molecular weight is 425 g/mol. The molecule has 2 aliphatic carbocycles. The number of ether oxygens (including phenoxy) is 1.